The maximum absolute atomic E-state index is 12.7. The summed E-state index contributed by atoms with van der Waals surface area (Å²) >= 11 is 0. The van der Waals surface area contributed by atoms with Gasteiger partial charge in [-0.15, -0.1) is 0 Å². The minimum Gasteiger partial charge on any atom is -0.505 e. The van der Waals surface area contributed by atoms with Gasteiger partial charge in [0.05, 0.1) is 5.56 Å². The second-order valence-electron chi connectivity index (χ2n) is 5.46. The van der Waals surface area contributed by atoms with Crippen molar-refractivity contribution in [3.63, 3.8) is 0 Å². The summed E-state index contributed by atoms with van der Waals surface area (Å²) in [6, 6.07) is 7.01. The topological polar surface area (TPSA) is 55.1 Å². The first-order valence-electron chi connectivity index (χ1n) is 7.01. The van der Waals surface area contributed by atoms with Gasteiger partial charge in [0.15, 0.2) is 5.75 Å². The van der Waals surface area contributed by atoms with E-state index in [0.717, 1.165) is 10.2 Å². The third-order valence-corrected chi connectivity index (χ3v) is 3.43. The monoisotopic (exact) mass is 308 g/mol. The number of hydrogen-bond acceptors (Lipinski definition) is 3. The summed E-state index contributed by atoms with van der Waals surface area (Å²) < 4.78 is 26.1. The second kappa shape index (κ2) is 6.25. The number of aromatic nitrogens is 2. The molecular weight excluding hydrogens is 290 g/mol. The van der Waals surface area contributed by atoms with Gasteiger partial charge in [-0.05, 0) is 18.1 Å². The molecule has 2 aromatic rings. The van der Waals surface area contributed by atoms with Gasteiger partial charge in [-0.2, -0.15) is 5.10 Å². The molecule has 0 amide bonds. The molecule has 1 heterocycles. The highest BCUT2D eigenvalue weighted by atomic mass is 19.3. The van der Waals surface area contributed by atoms with Gasteiger partial charge in [-0.1, -0.05) is 38.1 Å². The molecule has 0 spiro atoms. The molecular formula is C16H18F2N2O2. The molecule has 4 nitrogen and oxygen atoms in total. The average molecular weight is 308 g/mol. The summed E-state index contributed by atoms with van der Waals surface area (Å²) in [5, 5.41) is 14.3. The van der Waals surface area contributed by atoms with Gasteiger partial charge in [0.2, 0.25) is 0 Å². The lowest BCUT2D eigenvalue weighted by molar-refractivity contribution is 0.119. The van der Waals surface area contributed by atoms with Gasteiger partial charge in [0, 0.05) is 5.92 Å². The van der Waals surface area contributed by atoms with E-state index in [2.05, 4.69) is 5.10 Å². The van der Waals surface area contributed by atoms with Crippen molar-refractivity contribution in [1.29, 1.82) is 0 Å². The number of nitrogens with zero attached hydrogens (tertiary/aromatic N) is 2. The summed E-state index contributed by atoms with van der Waals surface area (Å²) in [5.41, 5.74) is 0.851. The zero-order chi connectivity index (χ0) is 16.4. The SMILES string of the molecule is Cc1ccccc1-c1c(O)c(C(C)C)nn(CC(F)F)c1=O. The molecule has 0 saturated carbocycles. The van der Waals surface area contributed by atoms with E-state index in [9.17, 15) is 18.7 Å². The zero-order valence-corrected chi connectivity index (χ0v) is 12.7. The molecule has 2 rings (SSSR count). The molecule has 0 atom stereocenters. The summed E-state index contributed by atoms with van der Waals surface area (Å²) in [5.74, 6) is -0.438. The molecule has 22 heavy (non-hydrogen) atoms. The van der Waals surface area contributed by atoms with E-state index in [1.807, 2.05) is 0 Å². The first-order valence-corrected chi connectivity index (χ1v) is 7.01. The zero-order valence-electron chi connectivity index (χ0n) is 12.7. The number of hydrogen-bond donors (Lipinski definition) is 1. The molecule has 1 aromatic heterocycles. The van der Waals surface area contributed by atoms with Crippen LogP contribution in [0.5, 0.6) is 5.75 Å². The van der Waals surface area contributed by atoms with Crippen LogP contribution in [0, 0.1) is 6.92 Å². The van der Waals surface area contributed by atoms with Gasteiger partial charge in [-0.25, -0.2) is 13.5 Å². The number of aromatic hydroxyl groups is 1. The second-order valence-corrected chi connectivity index (χ2v) is 5.46. The average Bonchev–Trinajstić information content (AvgIpc) is 2.43. The van der Waals surface area contributed by atoms with E-state index >= 15 is 0 Å². The van der Waals surface area contributed by atoms with Gasteiger partial charge in [-0.3, -0.25) is 4.79 Å². The lowest BCUT2D eigenvalue weighted by atomic mass is 9.98. The van der Waals surface area contributed by atoms with Crippen LogP contribution in [-0.4, -0.2) is 21.3 Å². The Bertz CT molecular complexity index is 739. The minimum absolute atomic E-state index is 0.0254. The summed E-state index contributed by atoms with van der Waals surface area (Å²) in [7, 11) is 0. The molecule has 118 valence electrons. The third-order valence-electron chi connectivity index (χ3n) is 3.43. The van der Waals surface area contributed by atoms with Crippen LogP contribution in [0.25, 0.3) is 11.1 Å². The molecule has 0 saturated heterocycles. The van der Waals surface area contributed by atoms with Crippen molar-refractivity contribution in [2.24, 2.45) is 0 Å². The molecule has 0 aliphatic carbocycles. The fraction of sp³-hybridized carbons (Fsp3) is 0.375. The Kier molecular flexibility index (Phi) is 4.59. The fourth-order valence-corrected chi connectivity index (χ4v) is 2.32. The number of alkyl halides is 2. The van der Waals surface area contributed by atoms with Crippen LogP contribution in [0.4, 0.5) is 8.78 Å². The molecule has 0 radical (unpaired) electrons. The third kappa shape index (κ3) is 3.00. The Labute approximate surface area is 127 Å². The smallest absolute Gasteiger partial charge is 0.278 e. The van der Waals surface area contributed by atoms with E-state index in [1.165, 1.54) is 0 Å². The predicted molar refractivity (Wildman–Crippen MR) is 80.4 cm³/mol. The highest BCUT2D eigenvalue weighted by molar-refractivity contribution is 5.72. The van der Waals surface area contributed by atoms with Crippen LogP contribution in [-0.2, 0) is 6.54 Å². The summed E-state index contributed by atoms with van der Waals surface area (Å²) in [6.07, 6.45) is -2.69. The van der Waals surface area contributed by atoms with Gasteiger partial charge in [0.25, 0.3) is 12.0 Å². The Balaban J connectivity index is 2.79. The minimum atomic E-state index is -2.69. The van der Waals surface area contributed by atoms with E-state index in [0.29, 0.717) is 5.56 Å². The maximum Gasteiger partial charge on any atom is 0.278 e. The first-order chi connectivity index (χ1) is 10.3. The molecule has 6 heteroatoms. The van der Waals surface area contributed by atoms with Crippen LogP contribution in [0.3, 0.4) is 0 Å². The predicted octanol–water partition coefficient (Wildman–Crippen LogP) is 3.31. The van der Waals surface area contributed by atoms with Crippen molar-refractivity contribution in [3.8, 4) is 16.9 Å². The quantitative estimate of drug-likeness (QED) is 0.942. The van der Waals surface area contributed by atoms with Crippen molar-refractivity contribution < 1.29 is 13.9 Å². The molecule has 0 bridgehead atoms. The molecule has 1 aromatic carbocycles. The maximum atomic E-state index is 12.7. The van der Waals surface area contributed by atoms with Crippen molar-refractivity contribution in [2.75, 3.05) is 0 Å². The number of halogens is 2. The van der Waals surface area contributed by atoms with E-state index in [-0.39, 0.29) is 22.9 Å². The van der Waals surface area contributed by atoms with E-state index < -0.39 is 18.5 Å². The fourth-order valence-electron chi connectivity index (χ4n) is 2.32. The summed E-state index contributed by atoms with van der Waals surface area (Å²) in [6.45, 7) is 4.56. The standard InChI is InChI=1S/C16H18F2N2O2/c1-9(2)14-15(21)13(11-7-5-4-6-10(11)3)16(22)20(19-14)8-12(17)18/h4-7,9,12,21H,8H2,1-3H3. The Morgan fingerprint density at radius 2 is 1.91 bits per heavy atom. The van der Waals surface area contributed by atoms with Crippen molar-refractivity contribution in [1.82, 2.24) is 9.78 Å². The Hall–Kier alpha value is -2.24. The molecule has 1 N–H and O–H groups in total. The lowest BCUT2D eigenvalue weighted by Gasteiger charge is -2.16. The Morgan fingerprint density at radius 1 is 1.27 bits per heavy atom. The normalized spacial score (nSPS) is 11.4. The number of aryl methyl sites for hydroxylation is 1. The molecule has 0 aliphatic rings. The van der Waals surface area contributed by atoms with Crippen molar-refractivity contribution in [3.05, 3.63) is 45.9 Å². The Morgan fingerprint density at radius 3 is 2.45 bits per heavy atom. The van der Waals surface area contributed by atoms with E-state index in [1.54, 1.807) is 45.0 Å². The van der Waals surface area contributed by atoms with Crippen molar-refractivity contribution in [2.45, 2.75) is 39.7 Å². The van der Waals surface area contributed by atoms with Crippen molar-refractivity contribution >= 4 is 0 Å². The first kappa shape index (κ1) is 16.1. The van der Waals surface area contributed by atoms with Crippen LogP contribution < -0.4 is 5.56 Å². The van der Waals surface area contributed by atoms with Crippen LogP contribution >= 0.6 is 0 Å². The van der Waals surface area contributed by atoms with Crippen LogP contribution in [0.2, 0.25) is 0 Å². The number of rotatable bonds is 4. The van der Waals surface area contributed by atoms with Crippen LogP contribution in [0.1, 0.15) is 31.0 Å². The van der Waals surface area contributed by atoms with E-state index in [4.69, 9.17) is 0 Å². The molecule has 0 unspecified atom stereocenters. The lowest BCUT2D eigenvalue weighted by Crippen LogP contribution is -2.29. The van der Waals surface area contributed by atoms with Gasteiger partial charge >= 0.3 is 0 Å². The highest BCUT2D eigenvalue weighted by Crippen LogP contribution is 2.33. The largest absolute Gasteiger partial charge is 0.505 e. The number of benzene rings is 1. The molecule has 0 fully saturated rings. The van der Waals surface area contributed by atoms with Crippen LogP contribution in [0.15, 0.2) is 29.1 Å². The van der Waals surface area contributed by atoms with Gasteiger partial charge < -0.3 is 5.11 Å². The van der Waals surface area contributed by atoms with Gasteiger partial charge in [0.1, 0.15) is 12.2 Å². The highest BCUT2D eigenvalue weighted by Gasteiger charge is 2.22. The molecule has 0 aliphatic heterocycles. The summed E-state index contributed by atoms with van der Waals surface area (Å²) in [4.78, 5) is 12.5.